The Bertz CT molecular complexity index is 1160. The highest BCUT2D eigenvalue weighted by atomic mass is 79.9. The standard InChI is InChI=1S/C20H11BrClN3O4/c21-18-10-15(25(27)28)5-7-17(18)19-8-6-16(29-19)9-12(11-23)20(26)24-14-3-1-13(22)2-4-14/h1-10H,(H,24,26). The second-order valence-electron chi connectivity index (χ2n) is 5.75. The van der Waals surface area contributed by atoms with E-state index in [1.807, 2.05) is 6.07 Å². The first-order valence-electron chi connectivity index (χ1n) is 8.10. The molecule has 0 atom stereocenters. The number of furan rings is 1. The summed E-state index contributed by atoms with van der Waals surface area (Å²) in [7, 11) is 0. The third-order valence-corrected chi connectivity index (χ3v) is 4.72. The van der Waals surface area contributed by atoms with Crippen molar-refractivity contribution in [2.24, 2.45) is 0 Å². The third-order valence-electron chi connectivity index (χ3n) is 3.81. The van der Waals surface area contributed by atoms with Crippen LogP contribution in [-0.2, 0) is 4.79 Å². The van der Waals surface area contributed by atoms with Gasteiger partial charge in [-0.15, -0.1) is 0 Å². The number of anilines is 1. The SMILES string of the molecule is N#CC(=Cc1ccc(-c2ccc([N+](=O)[O-])cc2Br)o1)C(=O)Nc1ccc(Cl)cc1. The van der Waals surface area contributed by atoms with Gasteiger partial charge in [-0.25, -0.2) is 0 Å². The van der Waals surface area contributed by atoms with Crippen LogP contribution in [0.3, 0.4) is 0 Å². The van der Waals surface area contributed by atoms with E-state index < -0.39 is 10.8 Å². The Balaban J connectivity index is 1.82. The fourth-order valence-electron chi connectivity index (χ4n) is 2.42. The second kappa shape index (κ2) is 8.73. The predicted octanol–water partition coefficient (Wildman–Crippen LogP) is 5.82. The zero-order valence-corrected chi connectivity index (χ0v) is 16.9. The van der Waals surface area contributed by atoms with Gasteiger partial charge in [0.25, 0.3) is 11.6 Å². The molecular formula is C20H11BrClN3O4. The number of rotatable bonds is 5. The van der Waals surface area contributed by atoms with Crippen LogP contribution >= 0.6 is 27.5 Å². The molecule has 1 heterocycles. The number of nitriles is 1. The van der Waals surface area contributed by atoms with Gasteiger partial charge in [-0.1, -0.05) is 11.6 Å². The molecule has 0 spiro atoms. The van der Waals surface area contributed by atoms with Crippen molar-refractivity contribution in [1.29, 1.82) is 5.26 Å². The Morgan fingerprint density at radius 3 is 2.55 bits per heavy atom. The van der Waals surface area contributed by atoms with E-state index in [9.17, 15) is 20.2 Å². The van der Waals surface area contributed by atoms with Crippen LogP contribution in [0, 0.1) is 21.4 Å². The number of carbonyl (C=O) groups is 1. The largest absolute Gasteiger partial charge is 0.457 e. The van der Waals surface area contributed by atoms with Gasteiger partial charge in [0.2, 0.25) is 0 Å². The van der Waals surface area contributed by atoms with E-state index in [0.29, 0.717) is 26.5 Å². The summed E-state index contributed by atoms with van der Waals surface area (Å²) >= 11 is 9.09. The molecule has 0 radical (unpaired) electrons. The van der Waals surface area contributed by atoms with Crippen molar-refractivity contribution in [1.82, 2.24) is 0 Å². The molecule has 1 N–H and O–H groups in total. The lowest BCUT2D eigenvalue weighted by molar-refractivity contribution is -0.384. The first-order chi connectivity index (χ1) is 13.9. The minimum absolute atomic E-state index is 0.0575. The Hall–Kier alpha value is -3.41. The highest BCUT2D eigenvalue weighted by Crippen LogP contribution is 2.33. The summed E-state index contributed by atoms with van der Waals surface area (Å²) in [5.41, 5.74) is 0.886. The summed E-state index contributed by atoms with van der Waals surface area (Å²) in [6, 6.07) is 15.8. The summed E-state index contributed by atoms with van der Waals surface area (Å²) in [6.45, 7) is 0. The molecule has 0 fully saturated rings. The number of nitrogens with one attached hydrogen (secondary N) is 1. The molecule has 144 valence electrons. The highest BCUT2D eigenvalue weighted by Gasteiger charge is 2.14. The molecule has 1 amide bonds. The topological polar surface area (TPSA) is 109 Å². The van der Waals surface area contributed by atoms with Crippen LogP contribution in [-0.4, -0.2) is 10.8 Å². The number of nitro groups is 1. The van der Waals surface area contributed by atoms with E-state index in [2.05, 4.69) is 21.2 Å². The Morgan fingerprint density at radius 2 is 1.93 bits per heavy atom. The number of benzene rings is 2. The maximum Gasteiger partial charge on any atom is 0.270 e. The molecule has 29 heavy (non-hydrogen) atoms. The Kier molecular flexibility index (Phi) is 6.12. The van der Waals surface area contributed by atoms with E-state index in [1.165, 1.54) is 18.2 Å². The molecule has 0 bridgehead atoms. The highest BCUT2D eigenvalue weighted by molar-refractivity contribution is 9.10. The van der Waals surface area contributed by atoms with Gasteiger partial charge in [0, 0.05) is 39.0 Å². The second-order valence-corrected chi connectivity index (χ2v) is 7.04. The number of amides is 1. The van der Waals surface area contributed by atoms with Crippen molar-refractivity contribution in [3.8, 4) is 17.4 Å². The minimum Gasteiger partial charge on any atom is -0.457 e. The van der Waals surface area contributed by atoms with Crippen molar-refractivity contribution >= 4 is 50.9 Å². The first-order valence-corrected chi connectivity index (χ1v) is 9.27. The number of nitrogens with zero attached hydrogens (tertiary/aromatic N) is 2. The van der Waals surface area contributed by atoms with Crippen molar-refractivity contribution < 1.29 is 14.1 Å². The number of non-ortho nitro benzene ring substituents is 1. The average molecular weight is 473 g/mol. The van der Waals surface area contributed by atoms with E-state index in [1.54, 1.807) is 42.5 Å². The molecule has 2 aromatic carbocycles. The molecule has 0 unspecified atom stereocenters. The molecule has 1 aromatic heterocycles. The molecule has 3 aromatic rings. The summed E-state index contributed by atoms with van der Waals surface area (Å²) in [4.78, 5) is 22.7. The summed E-state index contributed by atoms with van der Waals surface area (Å²) in [5, 5.41) is 23.3. The van der Waals surface area contributed by atoms with Gasteiger partial charge in [0.05, 0.1) is 4.92 Å². The maximum absolute atomic E-state index is 12.3. The number of nitro benzene ring substituents is 1. The van der Waals surface area contributed by atoms with E-state index in [4.69, 9.17) is 16.0 Å². The van der Waals surface area contributed by atoms with Gasteiger partial charge < -0.3 is 9.73 Å². The average Bonchev–Trinajstić information content (AvgIpc) is 3.16. The van der Waals surface area contributed by atoms with Gasteiger partial charge in [-0.2, -0.15) is 5.26 Å². The normalized spacial score (nSPS) is 11.0. The van der Waals surface area contributed by atoms with Crippen molar-refractivity contribution in [2.45, 2.75) is 0 Å². The smallest absolute Gasteiger partial charge is 0.270 e. The Morgan fingerprint density at radius 1 is 1.21 bits per heavy atom. The number of carbonyl (C=O) groups excluding carboxylic acids is 1. The van der Waals surface area contributed by atoms with Crippen LogP contribution in [0.4, 0.5) is 11.4 Å². The lowest BCUT2D eigenvalue weighted by Gasteiger charge is -2.04. The molecule has 0 saturated heterocycles. The van der Waals surface area contributed by atoms with Gasteiger partial charge in [-0.05, 0) is 58.4 Å². The van der Waals surface area contributed by atoms with Gasteiger partial charge in [0.15, 0.2) is 0 Å². The lowest BCUT2D eigenvalue weighted by Crippen LogP contribution is -2.13. The van der Waals surface area contributed by atoms with Gasteiger partial charge >= 0.3 is 0 Å². The van der Waals surface area contributed by atoms with Crippen LogP contribution in [0.15, 0.2) is 69.1 Å². The van der Waals surface area contributed by atoms with Crippen molar-refractivity contribution in [2.75, 3.05) is 5.32 Å². The number of hydrogen-bond acceptors (Lipinski definition) is 5. The van der Waals surface area contributed by atoms with E-state index in [-0.39, 0.29) is 17.0 Å². The number of halogens is 2. The van der Waals surface area contributed by atoms with E-state index >= 15 is 0 Å². The van der Waals surface area contributed by atoms with Crippen molar-refractivity contribution in [3.63, 3.8) is 0 Å². The lowest BCUT2D eigenvalue weighted by atomic mass is 10.1. The minimum atomic E-state index is -0.593. The predicted molar refractivity (Wildman–Crippen MR) is 112 cm³/mol. The molecule has 3 rings (SSSR count). The monoisotopic (exact) mass is 471 g/mol. The fraction of sp³-hybridized carbons (Fsp3) is 0. The molecule has 0 aliphatic rings. The van der Waals surface area contributed by atoms with Gasteiger partial charge in [0.1, 0.15) is 23.2 Å². The van der Waals surface area contributed by atoms with Crippen LogP contribution in [0.2, 0.25) is 5.02 Å². The zero-order chi connectivity index (χ0) is 21.0. The Labute approximate surface area is 178 Å². The quantitative estimate of drug-likeness (QED) is 0.218. The van der Waals surface area contributed by atoms with Crippen LogP contribution < -0.4 is 5.32 Å². The summed E-state index contributed by atoms with van der Waals surface area (Å²) < 4.78 is 6.16. The molecule has 9 heteroatoms. The van der Waals surface area contributed by atoms with Crippen molar-refractivity contribution in [3.05, 3.63) is 85.5 Å². The summed E-state index contributed by atoms with van der Waals surface area (Å²) in [5.74, 6) is 0.116. The fourth-order valence-corrected chi connectivity index (χ4v) is 3.10. The van der Waals surface area contributed by atoms with Gasteiger partial charge in [-0.3, -0.25) is 14.9 Å². The summed E-state index contributed by atoms with van der Waals surface area (Å²) in [6.07, 6.45) is 1.31. The molecule has 0 saturated carbocycles. The third kappa shape index (κ3) is 4.90. The van der Waals surface area contributed by atoms with Crippen LogP contribution in [0.25, 0.3) is 17.4 Å². The van der Waals surface area contributed by atoms with Crippen LogP contribution in [0.5, 0.6) is 0 Å². The van der Waals surface area contributed by atoms with E-state index in [0.717, 1.165) is 0 Å². The maximum atomic E-state index is 12.3. The molecule has 0 aliphatic heterocycles. The molecule has 0 aliphatic carbocycles. The number of hydrogen-bond donors (Lipinski definition) is 1. The zero-order valence-electron chi connectivity index (χ0n) is 14.6. The first kappa shape index (κ1) is 20.3. The van der Waals surface area contributed by atoms with Crippen LogP contribution in [0.1, 0.15) is 5.76 Å². The molecule has 7 nitrogen and oxygen atoms in total. The molecular weight excluding hydrogens is 462 g/mol.